The van der Waals surface area contributed by atoms with Crippen LogP contribution in [0, 0.1) is 11.8 Å². The van der Waals surface area contributed by atoms with Gasteiger partial charge in [0.25, 0.3) is 5.91 Å². The Bertz CT molecular complexity index is 1210. The minimum atomic E-state index is -1.00. The van der Waals surface area contributed by atoms with Gasteiger partial charge in [-0.2, -0.15) is 0 Å². The Labute approximate surface area is 247 Å². The number of carbonyl (C=O) groups is 4. The Hall–Kier alpha value is -3.80. The first-order valence-electron chi connectivity index (χ1n) is 13.8. The highest BCUT2D eigenvalue weighted by Crippen LogP contribution is 2.28. The molecular formula is C31H43N3O8. The monoisotopic (exact) mass is 585 g/mol. The fourth-order valence-corrected chi connectivity index (χ4v) is 4.95. The maximum atomic E-state index is 13.5. The number of hydrogen-bond acceptors (Lipinski definition) is 9. The van der Waals surface area contributed by atoms with Gasteiger partial charge in [-0.15, -0.1) is 6.58 Å². The van der Waals surface area contributed by atoms with Crippen LogP contribution < -0.4 is 16.4 Å². The van der Waals surface area contributed by atoms with Crippen molar-refractivity contribution in [3.8, 4) is 0 Å². The van der Waals surface area contributed by atoms with Crippen LogP contribution in [-0.4, -0.2) is 73.9 Å². The number of aliphatic hydroxyl groups excluding tert-OH is 1. The third-order valence-electron chi connectivity index (χ3n) is 7.22. The van der Waals surface area contributed by atoms with Crippen LogP contribution >= 0.6 is 0 Å². The van der Waals surface area contributed by atoms with Gasteiger partial charge < -0.3 is 35.7 Å². The predicted molar refractivity (Wildman–Crippen MR) is 158 cm³/mol. The number of Topliss-reactive ketones (excluding diaryl/α,β-unsaturated/α-hetero) is 1. The normalized spacial score (nSPS) is 31.6. The zero-order valence-corrected chi connectivity index (χ0v) is 25.1. The summed E-state index contributed by atoms with van der Waals surface area (Å²) in [5.74, 6) is -2.14. The quantitative estimate of drug-likeness (QED) is 0.271. The van der Waals surface area contributed by atoms with Gasteiger partial charge in [-0.1, -0.05) is 44.2 Å². The number of fused-ring (bicyclic) bond motifs is 2. The molecular weight excluding hydrogens is 542 g/mol. The van der Waals surface area contributed by atoms with E-state index < -0.39 is 53.9 Å². The highest BCUT2D eigenvalue weighted by Gasteiger charge is 2.33. The van der Waals surface area contributed by atoms with Crippen LogP contribution in [-0.2, 0) is 28.6 Å². The van der Waals surface area contributed by atoms with E-state index in [0.717, 1.165) is 6.08 Å². The van der Waals surface area contributed by atoms with Crippen LogP contribution in [0.1, 0.15) is 40.5 Å². The summed E-state index contributed by atoms with van der Waals surface area (Å²) >= 11 is 0. The molecule has 11 heteroatoms. The molecule has 0 unspecified atom stereocenters. The van der Waals surface area contributed by atoms with E-state index in [1.807, 2.05) is 6.92 Å². The second-order valence-electron chi connectivity index (χ2n) is 10.6. The molecule has 0 spiro atoms. The number of aliphatic hydroxyl groups is 1. The minimum absolute atomic E-state index is 0.132. The van der Waals surface area contributed by atoms with Crippen molar-refractivity contribution in [1.29, 1.82) is 0 Å². The fraction of sp³-hybridized carbons (Fsp3) is 0.484. The minimum Gasteiger partial charge on any atom is -0.439 e. The molecule has 2 rings (SSSR count). The number of nitrogens with one attached hydrogen (secondary N) is 2. The molecule has 1 aliphatic carbocycles. The van der Waals surface area contributed by atoms with Crippen LogP contribution in [0.5, 0.6) is 0 Å². The molecule has 0 radical (unpaired) electrons. The van der Waals surface area contributed by atoms with Crippen LogP contribution in [0.25, 0.3) is 0 Å². The van der Waals surface area contributed by atoms with Crippen molar-refractivity contribution >= 4 is 23.6 Å². The number of hydrogen-bond donors (Lipinski definition) is 4. The maximum Gasteiger partial charge on any atom is 0.405 e. The molecule has 0 saturated carbocycles. The Morgan fingerprint density at radius 1 is 1.21 bits per heavy atom. The molecule has 0 saturated heterocycles. The van der Waals surface area contributed by atoms with Crippen LogP contribution in [0.3, 0.4) is 0 Å². The van der Waals surface area contributed by atoms with Gasteiger partial charge in [-0.3, -0.25) is 14.4 Å². The summed E-state index contributed by atoms with van der Waals surface area (Å²) in [6, 6.07) is 0. The number of ether oxygens (including phenoxy) is 3. The van der Waals surface area contributed by atoms with Crippen molar-refractivity contribution < 1.29 is 38.5 Å². The summed E-state index contributed by atoms with van der Waals surface area (Å²) in [6.45, 7) is 10.9. The van der Waals surface area contributed by atoms with E-state index in [2.05, 4.69) is 17.2 Å². The zero-order valence-electron chi connectivity index (χ0n) is 25.1. The second-order valence-corrected chi connectivity index (χ2v) is 10.6. The van der Waals surface area contributed by atoms with E-state index in [4.69, 9.17) is 19.9 Å². The lowest BCUT2D eigenvalue weighted by atomic mass is 9.85. The number of nitrogens with two attached hydrogens (primary N) is 1. The lowest BCUT2D eigenvalue weighted by Crippen LogP contribution is -2.37. The van der Waals surface area contributed by atoms with Crippen LogP contribution in [0.4, 0.5) is 4.79 Å². The third-order valence-corrected chi connectivity index (χ3v) is 7.22. The summed E-state index contributed by atoms with van der Waals surface area (Å²) < 4.78 is 16.6. The summed E-state index contributed by atoms with van der Waals surface area (Å²) in [7, 11) is 2.92. The van der Waals surface area contributed by atoms with E-state index in [1.54, 1.807) is 45.1 Å². The number of amides is 2. The van der Waals surface area contributed by atoms with E-state index in [1.165, 1.54) is 20.3 Å². The van der Waals surface area contributed by atoms with E-state index in [-0.39, 0.29) is 41.4 Å². The first kappa shape index (κ1) is 34.4. The molecule has 0 fully saturated rings. The average molecular weight is 586 g/mol. The molecule has 230 valence electrons. The van der Waals surface area contributed by atoms with Gasteiger partial charge in [0.05, 0.1) is 23.6 Å². The molecule has 0 aromatic carbocycles. The number of methoxy groups -OCH3 is 2. The predicted octanol–water partition coefficient (Wildman–Crippen LogP) is 2.54. The molecule has 6 atom stereocenters. The van der Waals surface area contributed by atoms with E-state index in [0.29, 0.717) is 12.0 Å². The SMILES string of the molecule is C=CCNC1=C2C[C@H](C)C[C@H](OC)[C@H](O)[C@H](C)/C=C(\C)[C@@H](OC(N)=O)[C@@H](OC)/C=C\C=C(/C)C(=O)NC(=CC1=O)C2=O. The highest BCUT2D eigenvalue weighted by atomic mass is 16.6. The highest BCUT2D eigenvalue weighted by molar-refractivity contribution is 6.23. The summed E-state index contributed by atoms with van der Waals surface area (Å²) in [4.78, 5) is 51.3. The number of ketones is 2. The van der Waals surface area contributed by atoms with Gasteiger partial charge in [0, 0.05) is 43.9 Å². The number of primary amides is 1. The van der Waals surface area contributed by atoms with Crippen molar-refractivity contribution in [2.24, 2.45) is 17.6 Å². The lowest BCUT2D eigenvalue weighted by molar-refractivity contribution is -0.120. The van der Waals surface area contributed by atoms with E-state index in [9.17, 15) is 24.3 Å². The van der Waals surface area contributed by atoms with Gasteiger partial charge in [0.15, 0.2) is 6.10 Å². The topological polar surface area (TPSA) is 166 Å². The summed E-state index contributed by atoms with van der Waals surface area (Å²) in [5.41, 5.74) is 6.42. The fourth-order valence-electron chi connectivity index (χ4n) is 4.95. The Morgan fingerprint density at radius 3 is 2.50 bits per heavy atom. The van der Waals surface area contributed by atoms with E-state index >= 15 is 0 Å². The molecule has 42 heavy (non-hydrogen) atoms. The Balaban J connectivity index is 2.62. The van der Waals surface area contributed by atoms with Crippen molar-refractivity contribution in [3.63, 3.8) is 0 Å². The first-order chi connectivity index (χ1) is 19.8. The number of rotatable bonds is 6. The molecule has 11 nitrogen and oxygen atoms in total. The van der Waals surface area contributed by atoms with Crippen molar-refractivity contribution in [2.45, 2.75) is 65.0 Å². The van der Waals surface area contributed by atoms with Gasteiger partial charge in [-0.25, -0.2) is 4.79 Å². The summed E-state index contributed by atoms with van der Waals surface area (Å²) in [6.07, 6.45) is 5.34. The molecule has 2 aliphatic rings. The second kappa shape index (κ2) is 16.0. The smallest absolute Gasteiger partial charge is 0.405 e. The number of carbonyl (C=O) groups excluding carboxylic acids is 4. The largest absolute Gasteiger partial charge is 0.439 e. The summed E-state index contributed by atoms with van der Waals surface area (Å²) in [5, 5.41) is 16.7. The molecule has 2 bridgehead atoms. The maximum absolute atomic E-state index is 13.5. The molecule has 1 aliphatic heterocycles. The van der Waals surface area contributed by atoms with Gasteiger partial charge in [0.2, 0.25) is 11.6 Å². The van der Waals surface area contributed by atoms with Crippen molar-refractivity contribution in [2.75, 3.05) is 20.8 Å². The molecule has 0 aromatic rings. The van der Waals surface area contributed by atoms with Gasteiger partial charge in [0.1, 0.15) is 6.10 Å². The van der Waals surface area contributed by atoms with Crippen LogP contribution in [0.15, 0.2) is 71.1 Å². The Morgan fingerprint density at radius 2 is 1.90 bits per heavy atom. The lowest BCUT2D eigenvalue weighted by Gasteiger charge is -2.30. The molecule has 1 heterocycles. The Kier molecular flexibility index (Phi) is 13.1. The standard InChI is InChI=1S/C31H43N3O8/c1-8-12-33-26-21-13-17(2)14-25(41-7)27(36)19(4)15-20(5)29(42-31(32)39)24(40-6)11-9-10-18(3)30(38)34-22(28(21)37)16-23(26)35/h8-11,15-17,19,24-25,27,29,33,36H,1,12-14H2,2-7H3,(H2,32,39)(H,34,38)/b11-9-,18-10+,20-15+/t17-,19+,24-,25-,27+,29+/m0/s1. The molecule has 0 aromatic heterocycles. The van der Waals surface area contributed by atoms with Gasteiger partial charge >= 0.3 is 6.09 Å². The van der Waals surface area contributed by atoms with Crippen LogP contribution in [0.2, 0.25) is 0 Å². The van der Waals surface area contributed by atoms with Crippen molar-refractivity contribution in [1.82, 2.24) is 10.6 Å². The van der Waals surface area contributed by atoms with Crippen molar-refractivity contribution in [3.05, 3.63) is 71.1 Å². The first-order valence-corrected chi connectivity index (χ1v) is 13.8. The number of allylic oxidation sites excluding steroid dienone is 4. The van der Waals surface area contributed by atoms with Gasteiger partial charge in [-0.05, 0) is 38.2 Å². The molecule has 5 N–H and O–H groups in total. The average Bonchev–Trinajstić information content (AvgIpc) is 2.94. The molecule has 2 amide bonds. The third kappa shape index (κ3) is 9.10. The zero-order chi connectivity index (χ0) is 31.6.